The Labute approximate surface area is 103 Å². The van der Waals surface area contributed by atoms with Crippen LogP contribution in [0, 0.1) is 11.8 Å². The third kappa shape index (κ3) is 3.45. The van der Waals surface area contributed by atoms with Crippen LogP contribution in [0.1, 0.15) is 25.7 Å². The highest BCUT2D eigenvalue weighted by atomic mass is 16.3. The molecule has 0 unspecified atom stereocenters. The minimum atomic E-state index is -0.793. The zero-order valence-corrected chi connectivity index (χ0v) is 10.2. The maximum absolute atomic E-state index is 11.4. The Morgan fingerprint density at radius 1 is 1.12 bits per heavy atom. The summed E-state index contributed by atoms with van der Waals surface area (Å²) in [6.45, 7) is 4.21. The topological polar surface area (TPSA) is 43.8 Å². The van der Waals surface area contributed by atoms with E-state index in [1.807, 2.05) is 0 Å². The normalized spacial score (nSPS) is 25.8. The molecule has 2 heterocycles. The molecule has 4 heteroatoms. The van der Waals surface area contributed by atoms with Crippen molar-refractivity contribution in [2.45, 2.75) is 31.8 Å². The van der Waals surface area contributed by atoms with Crippen molar-refractivity contribution in [1.29, 1.82) is 0 Å². The van der Waals surface area contributed by atoms with Crippen molar-refractivity contribution >= 4 is 5.91 Å². The number of aliphatic hydroxyl groups excluding tert-OH is 1. The molecule has 0 aromatic carbocycles. The van der Waals surface area contributed by atoms with Crippen molar-refractivity contribution in [3.8, 4) is 11.8 Å². The summed E-state index contributed by atoms with van der Waals surface area (Å²) in [4.78, 5) is 15.4. The van der Waals surface area contributed by atoms with Crippen LogP contribution in [0.2, 0.25) is 0 Å². The molecule has 2 aliphatic rings. The number of likely N-dealkylation sites (tertiary alicyclic amines) is 2. The molecular weight excluding hydrogens is 216 g/mol. The van der Waals surface area contributed by atoms with Crippen LogP contribution in [0.15, 0.2) is 0 Å². The largest absolute Gasteiger partial charge is 0.383 e. The van der Waals surface area contributed by atoms with Crippen LogP contribution in [-0.4, -0.2) is 59.6 Å². The van der Waals surface area contributed by atoms with Gasteiger partial charge in [0, 0.05) is 6.54 Å². The minimum Gasteiger partial charge on any atom is -0.383 e. The van der Waals surface area contributed by atoms with E-state index < -0.39 is 6.10 Å². The molecule has 0 aromatic heterocycles. The number of hydrogen-bond donors (Lipinski definition) is 1. The maximum Gasteiger partial charge on any atom is 0.252 e. The first-order valence-electron chi connectivity index (χ1n) is 6.42. The van der Waals surface area contributed by atoms with Gasteiger partial charge in [-0.1, -0.05) is 18.3 Å². The molecule has 0 aliphatic carbocycles. The average Bonchev–Trinajstić information content (AvgIpc) is 2.67. The van der Waals surface area contributed by atoms with E-state index in [-0.39, 0.29) is 5.91 Å². The van der Waals surface area contributed by atoms with Crippen molar-refractivity contribution in [3.05, 3.63) is 0 Å². The second-order valence-electron chi connectivity index (χ2n) is 4.75. The fraction of sp³-hybridized carbons (Fsp3) is 0.769. The fourth-order valence-corrected chi connectivity index (χ4v) is 2.32. The Bertz CT molecular complexity index is 326. The summed E-state index contributed by atoms with van der Waals surface area (Å²) in [7, 11) is 0. The zero-order valence-electron chi connectivity index (χ0n) is 10.2. The molecule has 0 bridgehead atoms. The minimum absolute atomic E-state index is 0.169. The van der Waals surface area contributed by atoms with Gasteiger partial charge in [0.05, 0.1) is 13.1 Å². The first-order chi connectivity index (χ1) is 8.27. The molecule has 1 atom stereocenters. The summed E-state index contributed by atoms with van der Waals surface area (Å²) in [5, 5.41) is 9.28. The number of carbonyl (C=O) groups excluding carboxylic acids is 1. The van der Waals surface area contributed by atoms with Crippen molar-refractivity contribution in [1.82, 2.24) is 9.80 Å². The van der Waals surface area contributed by atoms with Crippen LogP contribution in [0.25, 0.3) is 0 Å². The van der Waals surface area contributed by atoms with E-state index in [0.29, 0.717) is 19.5 Å². The molecule has 0 radical (unpaired) electrons. The Balaban J connectivity index is 1.69. The summed E-state index contributed by atoms with van der Waals surface area (Å²) in [5.41, 5.74) is 0. The first kappa shape index (κ1) is 12.4. The fourth-order valence-electron chi connectivity index (χ4n) is 2.32. The van der Waals surface area contributed by atoms with Gasteiger partial charge in [0.25, 0.3) is 5.91 Å². The highest BCUT2D eigenvalue weighted by molar-refractivity contribution is 5.82. The molecule has 2 rings (SSSR count). The lowest BCUT2D eigenvalue weighted by Gasteiger charge is -2.23. The van der Waals surface area contributed by atoms with Crippen LogP contribution >= 0.6 is 0 Å². The number of hydrogen-bond acceptors (Lipinski definition) is 3. The number of piperidine rings is 1. The molecule has 0 spiro atoms. The molecule has 0 aromatic rings. The quantitative estimate of drug-likeness (QED) is 0.690. The van der Waals surface area contributed by atoms with Gasteiger partial charge in [-0.25, -0.2) is 0 Å². The standard InChI is InChI=1S/C13H20N2O2/c16-12-6-11-15(13(12)17)10-5-4-9-14-7-2-1-3-8-14/h12,16H,1-3,6-11H2/t12-/m1/s1. The predicted molar refractivity (Wildman–Crippen MR) is 65.3 cm³/mol. The summed E-state index contributed by atoms with van der Waals surface area (Å²) in [6, 6.07) is 0. The van der Waals surface area contributed by atoms with E-state index in [1.165, 1.54) is 19.3 Å². The van der Waals surface area contributed by atoms with Crippen molar-refractivity contribution in [2.75, 3.05) is 32.7 Å². The monoisotopic (exact) mass is 236 g/mol. The Morgan fingerprint density at radius 2 is 1.82 bits per heavy atom. The lowest BCUT2D eigenvalue weighted by atomic mass is 10.1. The maximum atomic E-state index is 11.4. The van der Waals surface area contributed by atoms with Gasteiger partial charge in [-0.3, -0.25) is 9.69 Å². The van der Waals surface area contributed by atoms with Crippen LogP contribution < -0.4 is 0 Å². The molecule has 94 valence electrons. The number of rotatable bonds is 2. The van der Waals surface area contributed by atoms with E-state index in [4.69, 9.17) is 0 Å². The van der Waals surface area contributed by atoms with Crippen molar-refractivity contribution in [3.63, 3.8) is 0 Å². The number of amides is 1. The third-order valence-electron chi connectivity index (χ3n) is 3.42. The number of nitrogens with zero attached hydrogens (tertiary/aromatic N) is 2. The molecule has 1 N–H and O–H groups in total. The van der Waals surface area contributed by atoms with E-state index in [2.05, 4.69) is 16.7 Å². The van der Waals surface area contributed by atoms with Gasteiger partial charge in [0.1, 0.15) is 6.10 Å². The van der Waals surface area contributed by atoms with Crippen molar-refractivity contribution < 1.29 is 9.90 Å². The molecule has 2 saturated heterocycles. The lowest BCUT2D eigenvalue weighted by molar-refractivity contribution is -0.133. The van der Waals surface area contributed by atoms with Gasteiger partial charge >= 0.3 is 0 Å². The highest BCUT2D eigenvalue weighted by Gasteiger charge is 2.28. The molecule has 2 fully saturated rings. The highest BCUT2D eigenvalue weighted by Crippen LogP contribution is 2.09. The third-order valence-corrected chi connectivity index (χ3v) is 3.42. The smallest absolute Gasteiger partial charge is 0.252 e. The SMILES string of the molecule is O=C1[C@H](O)CCN1CC#CCN1CCCCC1. The van der Waals surface area contributed by atoms with Gasteiger partial charge in [-0.15, -0.1) is 0 Å². The molecule has 4 nitrogen and oxygen atoms in total. The first-order valence-corrected chi connectivity index (χ1v) is 6.42. The predicted octanol–water partition coefficient (Wildman–Crippen LogP) is 0.0689. The van der Waals surface area contributed by atoms with Crippen LogP contribution in [0.4, 0.5) is 0 Å². The van der Waals surface area contributed by atoms with Gasteiger partial charge in [0.2, 0.25) is 0 Å². The van der Waals surface area contributed by atoms with E-state index >= 15 is 0 Å². The summed E-state index contributed by atoms with van der Waals surface area (Å²) in [6.07, 6.45) is 3.65. The number of carbonyl (C=O) groups is 1. The van der Waals surface area contributed by atoms with Gasteiger partial charge in [-0.2, -0.15) is 0 Å². The second-order valence-corrected chi connectivity index (χ2v) is 4.75. The van der Waals surface area contributed by atoms with Crippen LogP contribution in [0.5, 0.6) is 0 Å². The van der Waals surface area contributed by atoms with Crippen LogP contribution in [0.3, 0.4) is 0 Å². The molecule has 0 saturated carbocycles. The lowest BCUT2D eigenvalue weighted by Crippen LogP contribution is -2.31. The van der Waals surface area contributed by atoms with E-state index in [1.54, 1.807) is 4.90 Å². The summed E-state index contributed by atoms with van der Waals surface area (Å²) in [5.74, 6) is 5.98. The molecule has 1 amide bonds. The van der Waals surface area contributed by atoms with Gasteiger partial charge in [0.15, 0.2) is 0 Å². The molecule has 17 heavy (non-hydrogen) atoms. The summed E-state index contributed by atoms with van der Waals surface area (Å²) < 4.78 is 0. The van der Waals surface area contributed by atoms with Gasteiger partial charge < -0.3 is 10.0 Å². The average molecular weight is 236 g/mol. The molecular formula is C13H20N2O2. The van der Waals surface area contributed by atoms with Gasteiger partial charge in [-0.05, 0) is 32.4 Å². The number of aliphatic hydroxyl groups is 1. The Morgan fingerprint density at radius 3 is 2.47 bits per heavy atom. The molecule has 2 aliphatic heterocycles. The van der Waals surface area contributed by atoms with Crippen molar-refractivity contribution in [2.24, 2.45) is 0 Å². The van der Waals surface area contributed by atoms with Crippen LogP contribution in [-0.2, 0) is 4.79 Å². The Kier molecular flexibility index (Phi) is 4.41. The second kappa shape index (κ2) is 6.04. The van der Waals surface area contributed by atoms with E-state index in [9.17, 15) is 9.90 Å². The Hall–Kier alpha value is -1.05. The van der Waals surface area contributed by atoms with E-state index in [0.717, 1.165) is 19.6 Å². The summed E-state index contributed by atoms with van der Waals surface area (Å²) >= 11 is 0. The zero-order chi connectivity index (χ0) is 12.1.